The van der Waals surface area contributed by atoms with Crippen molar-refractivity contribution in [1.29, 1.82) is 0 Å². The molecule has 0 fully saturated rings. The van der Waals surface area contributed by atoms with Gasteiger partial charge in [-0.25, -0.2) is 0 Å². The first-order chi connectivity index (χ1) is 8.84. The topological polar surface area (TPSA) is 47.9 Å². The largest absolute Gasteiger partial charge is 0.485 e. The summed E-state index contributed by atoms with van der Waals surface area (Å²) in [4.78, 5) is 4.31. The van der Waals surface area contributed by atoms with Crippen molar-refractivity contribution in [3.63, 3.8) is 0 Å². The third kappa shape index (κ3) is 2.14. The molecule has 4 nitrogen and oxygen atoms in total. The normalized spacial score (nSPS) is 10.7. The Morgan fingerprint density at radius 1 is 1.22 bits per heavy atom. The van der Waals surface area contributed by atoms with Gasteiger partial charge in [-0.15, -0.1) is 5.10 Å². The Labute approximate surface area is 112 Å². The SMILES string of the molecule is Clc1snnc1COc1cccc2cccnc12. The molecule has 0 saturated heterocycles. The quantitative estimate of drug-likeness (QED) is 0.737. The van der Waals surface area contributed by atoms with E-state index in [0.29, 0.717) is 16.6 Å². The predicted octanol–water partition coefficient (Wildman–Crippen LogP) is 3.32. The van der Waals surface area contributed by atoms with Crippen molar-refractivity contribution >= 4 is 34.0 Å². The lowest BCUT2D eigenvalue weighted by molar-refractivity contribution is 0.304. The van der Waals surface area contributed by atoms with Gasteiger partial charge in [-0.2, -0.15) is 0 Å². The second-order valence-corrected chi connectivity index (χ2v) is 4.97. The number of ether oxygens (including phenoxy) is 1. The lowest BCUT2D eigenvalue weighted by Crippen LogP contribution is -1.97. The molecule has 0 aliphatic heterocycles. The molecule has 3 aromatic rings. The highest BCUT2D eigenvalue weighted by Gasteiger charge is 2.08. The van der Waals surface area contributed by atoms with Gasteiger partial charge >= 0.3 is 0 Å². The molecule has 0 radical (unpaired) electrons. The summed E-state index contributed by atoms with van der Waals surface area (Å²) < 4.78 is 10.0. The maximum atomic E-state index is 5.92. The van der Waals surface area contributed by atoms with Gasteiger partial charge in [0, 0.05) is 23.1 Å². The van der Waals surface area contributed by atoms with E-state index < -0.39 is 0 Å². The van der Waals surface area contributed by atoms with E-state index in [1.165, 1.54) is 0 Å². The van der Waals surface area contributed by atoms with Crippen LogP contribution in [0, 0.1) is 0 Å². The third-order valence-electron chi connectivity index (χ3n) is 2.47. The predicted molar refractivity (Wildman–Crippen MR) is 71.0 cm³/mol. The van der Waals surface area contributed by atoms with Crippen molar-refractivity contribution in [3.05, 3.63) is 46.6 Å². The average Bonchev–Trinajstić information content (AvgIpc) is 2.82. The molecule has 0 spiro atoms. The van der Waals surface area contributed by atoms with Crippen LogP contribution in [0.5, 0.6) is 5.75 Å². The third-order valence-corrected chi connectivity index (χ3v) is 3.45. The summed E-state index contributed by atoms with van der Waals surface area (Å²) >= 11 is 7.07. The minimum atomic E-state index is 0.297. The van der Waals surface area contributed by atoms with Crippen molar-refractivity contribution < 1.29 is 4.74 Å². The van der Waals surface area contributed by atoms with Gasteiger partial charge in [0.05, 0.1) is 0 Å². The Morgan fingerprint density at radius 3 is 2.94 bits per heavy atom. The molecular formula is C12H8ClN3OS. The fourth-order valence-electron chi connectivity index (χ4n) is 1.62. The number of rotatable bonds is 3. The summed E-state index contributed by atoms with van der Waals surface area (Å²) in [7, 11) is 0. The molecule has 3 rings (SSSR count). The first kappa shape index (κ1) is 11.4. The van der Waals surface area contributed by atoms with Gasteiger partial charge in [-0.05, 0) is 12.1 Å². The van der Waals surface area contributed by atoms with E-state index in [1.54, 1.807) is 6.20 Å². The molecule has 0 aliphatic rings. The fourth-order valence-corrected chi connectivity index (χ4v) is 2.22. The number of para-hydroxylation sites is 1. The number of fused-ring (bicyclic) bond motifs is 1. The number of aromatic nitrogens is 3. The van der Waals surface area contributed by atoms with Crippen LogP contribution >= 0.6 is 23.1 Å². The van der Waals surface area contributed by atoms with Gasteiger partial charge in [0.1, 0.15) is 27.9 Å². The van der Waals surface area contributed by atoms with Crippen molar-refractivity contribution in [3.8, 4) is 5.75 Å². The minimum Gasteiger partial charge on any atom is -0.485 e. The van der Waals surface area contributed by atoms with E-state index in [-0.39, 0.29) is 0 Å². The number of hydrogen-bond donors (Lipinski definition) is 0. The van der Waals surface area contributed by atoms with Crippen LogP contribution in [-0.2, 0) is 6.61 Å². The van der Waals surface area contributed by atoms with Gasteiger partial charge in [0.2, 0.25) is 0 Å². The van der Waals surface area contributed by atoms with Crippen LogP contribution in [0.3, 0.4) is 0 Å². The number of hydrogen-bond acceptors (Lipinski definition) is 5. The van der Waals surface area contributed by atoms with Crippen LogP contribution in [0.1, 0.15) is 5.69 Å². The molecule has 18 heavy (non-hydrogen) atoms. The molecule has 0 unspecified atom stereocenters. The van der Waals surface area contributed by atoms with E-state index >= 15 is 0 Å². The number of pyridine rings is 1. The molecule has 0 bridgehead atoms. The first-order valence-corrected chi connectivity index (χ1v) is 6.43. The zero-order chi connectivity index (χ0) is 12.4. The van der Waals surface area contributed by atoms with E-state index in [1.807, 2.05) is 30.3 Å². The number of halogens is 1. The molecule has 6 heteroatoms. The molecule has 2 aromatic heterocycles. The molecule has 90 valence electrons. The van der Waals surface area contributed by atoms with Crippen molar-refractivity contribution in [2.75, 3.05) is 0 Å². The second-order valence-electron chi connectivity index (χ2n) is 3.61. The van der Waals surface area contributed by atoms with Gasteiger partial charge < -0.3 is 4.74 Å². The lowest BCUT2D eigenvalue weighted by Gasteiger charge is -2.06. The minimum absolute atomic E-state index is 0.297. The van der Waals surface area contributed by atoms with Crippen LogP contribution in [0.25, 0.3) is 10.9 Å². The standard InChI is InChI=1S/C12H8ClN3OS/c13-12-9(15-16-18-12)7-17-10-5-1-3-8-4-2-6-14-11(8)10/h1-6H,7H2. The van der Waals surface area contributed by atoms with E-state index in [4.69, 9.17) is 16.3 Å². The molecule has 2 heterocycles. The lowest BCUT2D eigenvalue weighted by atomic mass is 10.2. The molecule has 0 N–H and O–H groups in total. The highest BCUT2D eigenvalue weighted by atomic mass is 35.5. The zero-order valence-corrected chi connectivity index (χ0v) is 10.8. The summed E-state index contributed by atoms with van der Waals surface area (Å²) in [6, 6.07) is 9.69. The van der Waals surface area contributed by atoms with Crippen LogP contribution in [0.15, 0.2) is 36.5 Å². The van der Waals surface area contributed by atoms with Gasteiger partial charge in [0.15, 0.2) is 0 Å². The maximum Gasteiger partial charge on any atom is 0.146 e. The Kier molecular flexibility index (Phi) is 3.08. The highest BCUT2D eigenvalue weighted by Crippen LogP contribution is 2.25. The first-order valence-electron chi connectivity index (χ1n) is 5.28. The molecule has 0 atom stereocenters. The van der Waals surface area contributed by atoms with Crippen molar-refractivity contribution in [2.24, 2.45) is 0 Å². The highest BCUT2D eigenvalue weighted by molar-refractivity contribution is 7.10. The molecule has 1 aromatic carbocycles. The summed E-state index contributed by atoms with van der Waals surface area (Å²) in [6.45, 7) is 0.297. The summed E-state index contributed by atoms with van der Waals surface area (Å²) in [6.07, 6.45) is 1.74. The second kappa shape index (κ2) is 4.88. The van der Waals surface area contributed by atoms with Gasteiger partial charge in [-0.1, -0.05) is 34.3 Å². The summed E-state index contributed by atoms with van der Waals surface area (Å²) in [5.74, 6) is 0.720. The van der Waals surface area contributed by atoms with Crippen LogP contribution in [0.4, 0.5) is 0 Å². The molecule has 0 saturated carbocycles. The van der Waals surface area contributed by atoms with E-state index in [9.17, 15) is 0 Å². The number of benzene rings is 1. The fraction of sp³-hybridized carbons (Fsp3) is 0.0833. The summed E-state index contributed by atoms with van der Waals surface area (Å²) in [5.41, 5.74) is 1.48. The van der Waals surface area contributed by atoms with Crippen LogP contribution in [0.2, 0.25) is 4.34 Å². The monoisotopic (exact) mass is 277 g/mol. The maximum absolute atomic E-state index is 5.92. The Bertz CT molecular complexity index is 680. The van der Waals surface area contributed by atoms with Gasteiger partial charge in [-0.3, -0.25) is 4.98 Å². The smallest absolute Gasteiger partial charge is 0.146 e. The van der Waals surface area contributed by atoms with Crippen LogP contribution in [-0.4, -0.2) is 14.6 Å². The Balaban J connectivity index is 1.89. The molecule has 0 amide bonds. The van der Waals surface area contributed by atoms with Gasteiger partial charge in [0.25, 0.3) is 0 Å². The van der Waals surface area contributed by atoms with Crippen LogP contribution < -0.4 is 4.74 Å². The van der Waals surface area contributed by atoms with Crippen molar-refractivity contribution in [1.82, 2.24) is 14.6 Å². The molecular weight excluding hydrogens is 270 g/mol. The Hall–Kier alpha value is -1.72. The average molecular weight is 278 g/mol. The Morgan fingerprint density at radius 2 is 2.11 bits per heavy atom. The van der Waals surface area contributed by atoms with E-state index in [0.717, 1.165) is 28.2 Å². The molecule has 0 aliphatic carbocycles. The summed E-state index contributed by atoms with van der Waals surface area (Å²) in [5, 5.41) is 4.94. The van der Waals surface area contributed by atoms with Crippen molar-refractivity contribution in [2.45, 2.75) is 6.61 Å². The van der Waals surface area contributed by atoms with E-state index in [2.05, 4.69) is 14.6 Å². The zero-order valence-electron chi connectivity index (χ0n) is 9.21. The number of nitrogens with zero attached hydrogens (tertiary/aromatic N) is 3.